The van der Waals surface area contributed by atoms with E-state index >= 15 is 0 Å². The van der Waals surface area contributed by atoms with Gasteiger partial charge in [-0.15, -0.1) is 6.58 Å². The monoisotopic (exact) mass is 254 g/mol. The maximum absolute atomic E-state index is 13.8. The first-order valence-electron chi connectivity index (χ1n) is 5.70. The summed E-state index contributed by atoms with van der Waals surface area (Å²) in [4.78, 5) is 12.0. The van der Waals surface area contributed by atoms with Gasteiger partial charge in [0.2, 0.25) is 0 Å². The van der Waals surface area contributed by atoms with Crippen molar-refractivity contribution in [1.29, 1.82) is 0 Å². The van der Waals surface area contributed by atoms with E-state index in [0.717, 1.165) is 12.1 Å². The van der Waals surface area contributed by atoms with E-state index in [2.05, 4.69) is 6.58 Å². The van der Waals surface area contributed by atoms with Gasteiger partial charge >= 0.3 is 5.97 Å². The van der Waals surface area contributed by atoms with Crippen molar-refractivity contribution in [3.8, 4) is 0 Å². The second-order valence-electron chi connectivity index (χ2n) is 4.14. The molecule has 0 amide bonds. The summed E-state index contributed by atoms with van der Waals surface area (Å²) in [6, 6.07) is 3.51. The molecule has 0 saturated heterocycles. The van der Waals surface area contributed by atoms with E-state index < -0.39 is 23.0 Å². The van der Waals surface area contributed by atoms with E-state index in [1.807, 2.05) is 0 Å². The summed E-state index contributed by atoms with van der Waals surface area (Å²) in [5.41, 5.74) is -1.67. The van der Waals surface area contributed by atoms with Gasteiger partial charge in [-0.25, -0.2) is 8.78 Å². The summed E-state index contributed by atoms with van der Waals surface area (Å²) in [5, 5.41) is 0. The molecule has 0 heterocycles. The molecule has 0 aromatic heterocycles. The number of halogens is 2. The highest BCUT2D eigenvalue weighted by atomic mass is 19.1. The van der Waals surface area contributed by atoms with E-state index in [0.29, 0.717) is 0 Å². The van der Waals surface area contributed by atoms with Crippen LogP contribution in [0, 0.1) is 11.6 Å². The standard InChI is InChI=1S/C14H16F2O2/c1-4-9-14(3,13(17)18-5-2)12-10(15)7-6-8-11(12)16/h4,6-8H,1,5,9H2,2-3H3. The molecule has 0 N–H and O–H groups in total. The zero-order valence-electron chi connectivity index (χ0n) is 10.5. The summed E-state index contributed by atoms with van der Waals surface area (Å²) < 4.78 is 32.5. The van der Waals surface area contributed by atoms with Crippen molar-refractivity contribution >= 4 is 5.97 Å². The molecule has 0 fully saturated rings. The topological polar surface area (TPSA) is 26.3 Å². The quantitative estimate of drug-likeness (QED) is 0.595. The van der Waals surface area contributed by atoms with Crippen LogP contribution in [0.4, 0.5) is 8.78 Å². The van der Waals surface area contributed by atoms with E-state index in [4.69, 9.17) is 4.74 Å². The van der Waals surface area contributed by atoms with Crippen molar-refractivity contribution in [2.45, 2.75) is 25.7 Å². The van der Waals surface area contributed by atoms with Gasteiger partial charge in [-0.2, -0.15) is 0 Å². The largest absolute Gasteiger partial charge is 0.465 e. The second-order valence-corrected chi connectivity index (χ2v) is 4.14. The Balaban J connectivity index is 3.35. The highest BCUT2D eigenvalue weighted by molar-refractivity contribution is 5.83. The number of allylic oxidation sites excluding steroid dienone is 1. The summed E-state index contributed by atoms with van der Waals surface area (Å²) >= 11 is 0. The van der Waals surface area contributed by atoms with Crippen LogP contribution < -0.4 is 0 Å². The molecular weight excluding hydrogens is 238 g/mol. The molecule has 0 aliphatic heterocycles. The molecule has 4 heteroatoms. The van der Waals surface area contributed by atoms with Crippen molar-refractivity contribution in [3.05, 3.63) is 48.1 Å². The number of rotatable bonds is 5. The molecule has 1 rings (SSSR count). The fourth-order valence-electron chi connectivity index (χ4n) is 1.89. The van der Waals surface area contributed by atoms with Gasteiger partial charge in [-0.05, 0) is 32.4 Å². The van der Waals surface area contributed by atoms with Crippen LogP contribution in [-0.2, 0) is 14.9 Å². The Bertz CT molecular complexity index is 437. The molecule has 98 valence electrons. The summed E-state index contributed by atoms with van der Waals surface area (Å²) in [5.74, 6) is -2.17. The van der Waals surface area contributed by atoms with Crippen molar-refractivity contribution in [2.75, 3.05) is 6.61 Å². The Morgan fingerprint density at radius 2 is 2.00 bits per heavy atom. The van der Waals surface area contributed by atoms with Gasteiger partial charge in [-0.1, -0.05) is 12.1 Å². The van der Waals surface area contributed by atoms with E-state index in [1.165, 1.54) is 19.1 Å². The zero-order chi connectivity index (χ0) is 13.8. The van der Waals surface area contributed by atoms with Gasteiger partial charge in [-0.3, -0.25) is 4.79 Å². The van der Waals surface area contributed by atoms with Crippen LogP contribution in [0.1, 0.15) is 25.8 Å². The Hall–Kier alpha value is -1.71. The molecule has 1 aromatic rings. The predicted molar refractivity (Wildman–Crippen MR) is 65.2 cm³/mol. The molecule has 18 heavy (non-hydrogen) atoms. The first-order chi connectivity index (χ1) is 8.47. The van der Waals surface area contributed by atoms with Crippen molar-refractivity contribution in [1.82, 2.24) is 0 Å². The molecule has 0 saturated carbocycles. The first-order valence-corrected chi connectivity index (χ1v) is 5.70. The molecule has 1 unspecified atom stereocenters. The molecule has 0 radical (unpaired) electrons. The third-order valence-corrected chi connectivity index (χ3v) is 2.79. The van der Waals surface area contributed by atoms with Gasteiger partial charge in [0, 0.05) is 5.56 Å². The molecule has 1 aromatic carbocycles. The lowest BCUT2D eigenvalue weighted by Gasteiger charge is -2.27. The lowest BCUT2D eigenvalue weighted by atomic mass is 9.79. The number of hydrogen-bond acceptors (Lipinski definition) is 2. The molecular formula is C14H16F2O2. The van der Waals surface area contributed by atoms with Crippen LogP contribution in [0.2, 0.25) is 0 Å². The van der Waals surface area contributed by atoms with Gasteiger partial charge in [0.25, 0.3) is 0 Å². The van der Waals surface area contributed by atoms with Crippen LogP contribution in [0.5, 0.6) is 0 Å². The number of carbonyl (C=O) groups is 1. The van der Waals surface area contributed by atoms with Crippen molar-refractivity contribution in [3.63, 3.8) is 0 Å². The average Bonchev–Trinajstić information content (AvgIpc) is 2.29. The van der Waals surface area contributed by atoms with Crippen molar-refractivity contribution < 1.29 is 18.3 Å². The van der Waals surface area contributed by atoms with Gasteiger partial charge < -0.3 is 4.74 Å². The molecule has 2 nitrogen and oxygen atoms in total. The predicted octanol–water partition coefficient (Wildman–Crippen LogP) is 3.36. The lowest BCUT2D eigenvalue weighted by molar-refractivity contribution is -0.149. The maximum Gasteiger partial charge on any atom is 0.316 e. The third kappa shape index (κ3) is 2.58. The maximum atomic E-state index is 13.8. The second kappa shape index (κ2) is 5.76. The fourth-order valence-corrected chi connectivity index (χ4v) is 1.89. The van der Waals surface area contributed by atoms with Gasteiger partial charge in [0.1, 0.15) is 11.6 Å². The first kappa shape index (κ1) is 14.4. The number of carbonyl (C=O) groups excluding carboxylic acids is 1. The van der Waals surface area contributed by atoms with E-state index in [-0.39, 0.29) is 18.6 Å². The Morgan fingerprint density at radius 1 is 1.44 bits per heavy atom. The van der Waals surface area contributed by atoms with E-state index in [1.54, 1.807) is 6.92 Å². The SMILES string of the molecule is C=CCC(C)(C(=O)OCC)c1c(F)cccc1F. The molecule has 0 aliphatic carbocycles. The van der Waals surface area contributed by atoms with Crippen LogP contribution in [0.15, 0.2) is 30.9 Å². The van der Waals surface area contributed by atoms with E-state index in [9.17, 15) is 13.6 Å². The Kier molecular flexibility index (Phi) is 4.59. The van der Waals surface area contributed by atoms with Gasteiger partial charge in [0.15, 0.2) is 0 Å². The van der Waals surface area contributed by atoms with Gasteiger partial charge in [0.05, 0.1) is 12.0 Å². The van der Waals surface area contributed by atoms with Crippen LogP contribution in [0.25, 0.3) is 0 Å². The Labute approximate surface area is 105 Å². The van der Waals surface area contributed by atoms with Crippen LogP contribution >= 0.6 is 0 Å². The normalized spacial score (nSPS) is 13.8. The van der Waals surface area contributed by atoms with Crippen LogP contribution in [-0.4, -0.2) is 12.6 Å². The highest BCUT2D eigenvalue weighted by Crippen LogP contribution is 2.33. The average molecular weight is 254 g/mol. The molecule has 0 bridgehead atoms. The minimum absolute atomic E-state index is 0.101. The molecule has 0 aliphatic rings. The summed E-state index contributed by atoms with van der Waals surface area (Å²) in [6.45, 7) is 6.77. The molecule has 0 spiro atoms. The number of ether oxygens (including phenoxy) is 1. The number of esters is 1. The highest BCUT2D eigenvalue weighted by Gasteiger charge is 2.40. The zero-order valence-corrected chi connectivity index (χ0v) is 10.5. The smallest absolute Gasteiger partial charge is 0.316 e. The number of benzene rings is 1. The third-order valence-electron chi connectivity index (χ3n) is 2.79. The number of hydrogen-bond donors (Lipinski definition) is 0. The minimum atomic E-state index is -1.40. The Morgan fingerprint density at radius 3 is 2.44 bits per heavy atom. The minimum Gasteiger partial charge on any atom is -0.465 e. The van der Waals surface area contributed by atoms with Crippen molar-refractivity contribution in [2.24, 2.45) is 0 Å². The lowest BCUT2D eigenvalue weighted by Crippen LogP contribution is -2.36. The summed E-state index contributed by atoms with van der Waals surface area (Å²) in [6.07, 6.45) is 1.55. The summed E-state index contributed by atoms with van der Waals surface area (Å²) in [7, 11) is 0. The van der Waals surface area contributed by atoms with Crippen LogP contribution in [0.3, 0.4) is 0 Å². The fraction of sp³-hybridized carbons (Fsp3) is 0.357. The molecule has 1 atom stereocenters.